The number of hydrogen-bond acceptors (Lipinski definition) is 7. The van der Waals surface area contributed by atoms with Gasteiger partial charge in [0, 0.05) is 17.2 Å². The topological polar surface area (TPSA) is 86.6 Å². The van der Waals surface area contributed by atoms with Gasteiger partial charge in [-0.25, -0.2) is 0 Å². The van der Waals surface area contributed by atoms with Crippen LogP contribution in [0.25, 0.3) is 0 Å². The molecule has 0 fully saturated rings. The standard InChI is InChI=1S/C17H14O7/c1-20-15-10(18)3-2-8-14(15)21-6-17(19)9-4-12-13(23-7-22-12)5-11(9)24-16(8)17/h2-5,16,18-19H,6-7H2,1H3. The lowest BCUT2D eigenvalue weighted by molar-refractivity contribution is -0.0871. The molecular weight excluding hydrogens is 316 g/mol. The van der Waals surface area contributed by atoms with E-state index in [1.807, 2.05) is 0 Å². The highest BCUT2D eigenvalue weighted by atomic mass is 16.7. The lowest BCUT2D eigenvalue weighted by Gasteiger charge is -2.35. The maximum atomic E-state index is 11.2. The van der Waals surface area contributed by atoms with Crippen molar-refractivity contribution < 1.29 is 33.9 Å². The highest BCUT2D eigenvalue weighted by molar-refractivity contribution is 5.62. The Hall–Kier alpha value is -2.80. The van der Waals surface area contributed by atoms with Crippen LogP contribution in [-0.4, -0.2) is 30.7 Å². The molecule has 2 unspecified atom stereocenters. The molecule has 0 spiro atoms. The van der Waals surface area contributed by atoms with Crippen LogP contribution in [0.5, 0.6) is 34.5 Å². The molecule has 3 heterocycles. The highest BCUT2D eigenvalue weighted by Crippen LogP contribution is 2.58. The fraction of sp³-hybridized carbons (Fsp3) is 0.294. The number of methoxy groups -OCH3 is 1. The molecule has 5 rings (SSSR count). The third-order valence-electron chi connectivity index (χ3n) is 4.66. The number of fused-ring (bicyclic) bond motifs is 6. The second-order valence-corrected chi connectivity index (χ2v) is 5.95. The molecule has 2 aromatic rings. The fourth-order valence-corrected chi connectivity index (χ4v) is 3.50. The van der Waals surface area contributed by atoms with Gasteiger partial charge in [-0.3, -0.25) is 0 Å². The molecule has 3 aliphatic rings. The van der Waals surface area contributed by atoms with Crippen LogP contribution < -0.4 is 23.7 Å². The minimum Gasteiger partial charge on any atom is -0.504 e. The Kier molecular flexibility index (Phi) is 2.49. The van der Waals surface area contributed by atoms with Crippen molar-refractivity contribution in [3.8, 4) is 34.5 Å². The van der Waals surface area contributed by atoms with Crippen molar-refractivity contribution in [3.63, 3.8) is 0 Å². The molecule has 7 nitrogen and oxygen atoms in total. The van der Waals surface area contributed by atoms with Gasteiger partial charge in [0.05, 0.1) is 7.11 Å². The first-order chi connectivity index (χ1) is 11.6. The van der Waals surface area contributed by atoms with Crippen LogP contribution >= 0.6 is 0 Å². The van der Waals surface area contributed by atoms with Gasteiger partial charge in [-0.15, -0.1) is 0 Å². The number of hydrogen-bond donors (Lipinski definition) is 2. The molecule has 3 aliphatic heterocycles. The van der Waals surface area contributed by atoms with Gasteiger partial charge >= 0.3 is 0 Å². The van der Waals surface area contributed by atoms with Crippen molar-refractivity contribution in [2.45, 2.75) is 11.7 Å². The number of aliphatic hydroxyl groups is 1. The van der Waals surface area contributed by atoms with Crippen LogP contribution in [0.1, 0.15) is 17.2 Å². The molecule has 0 amide bonds. The van der Waals surface area contributed by atoms with Gasteiger partial charge in [0.15, 0.2) is 34.7 Å². The van der Waals surface area contributed by atoms with E-state index in [0.29, 0.717) is 34.1 Å². The summed E-state index contributed by atoms with van der Waals surface area (Å²) in [7, 11) is 1.45. The number of rotatable bonds is 1. The number of phenolic OH excluding ortho intramolecular Hbond substituents is 1. The van der Waals surface area contributed by atoms with E-state index in [1.165, 1.54) is 13.2 Å². The first kappa shape index (κ1) is 13.6. The maximum absolute atomic E-state index is 11.2. The van der Waals surface area contributed by atoms with E-state index in [1.54, 1.807) is 18.2 Å². The minimum absolute atomic E-state index is 0.0297. The van der Waals surface area contributed by atoms with Gasteiger partial charge in [0.2, 0.25) is 12.5 Å². The minimum atomic E-state index is -1.36. The Bertz CT molecular complexity index is 863. The van der Waals surface area contributed by atoms with E-state index in [0.717, 1.165) is 0 Å². The van der Waals surface area contributed by atoms with Gasteiger partial charge in [-0.1, -0.05) is 0 Å². The zero-order chi connectivity index (χ0) is 16.5. The van der Waals surface area contributed by atoms with E-state index in [9.17, 15) is 10.2 Å². The van der Waals surface area contributed by atoms with Gasteiger partial charge in [0.25, 0.3) is 0 Å². The fourth-order valence-electron chi connectivity index (χ4n) is 3.50. The monoisotopic (exact) mass is 330 g/mol. The van der Waals surface area contributed by atoms with Gasteiger partial charge in [-0.2, -0.15) is 0 Å². The molecule has 2 atom stereocenters. The quantitative estimate of drug-likeness (QED) is 0.825. The summed E-state index contributed by atoms with van der Waals surface area (Å²) in [5, 5.41) is 21.1. The molecule has 124 valence electrons. The Morgan fingerprint density at radius 2 is 1.92 bits per heavy atom. The first-order valence-electron chi connectivity index (χ1n) is 7.47. The van der Waals surface area contributed by atoms with Crippen LogP contribution in [0.3, 0.4) is 0 Å². The predicted octanol–water partition coefficient (Wildman–Crippen LogP) is 1.84. The van der Waals surface area contributed by atoms with E-state index in [-0.39, 0.29) is 24.9 Å². The summed E-state index contributed by atoms with van der Waals surface area (Å²) in [5.74, 6) is 2.25. The molecule has 24 heavy (non-hydrogen) atoms. The van der Waals surface area contributed by atoms with Crippen molar-refractivity contribution in [1.82, 2.24) is 0 Å². The second kappa shape index (κ2) is 4.39. The Morgan fingerprint density at radius 1 is 1.12 bits per heavy atom. The molecule has 2 aromatic carbocycles. The Balaban J connectivity index is 1.67. The summed E-state index contributed by atoms with van der Waals surface area (Å²) in [6.45, 7) is 0.118. The zero-order valence-electron chi connectivity index (χ0n) is 12.7. The van der Waals surface area contributed by atoms with E-state index in [2.05, 4.69) is 0 Å². The molecule has 0 saturated heterocycles. The molecule has 0 radical (unpaired) electrons. The number of aromatic hydroxyl groups is 1. The van der Waals surface area contributed by atoms with Crippen molar-refractivity contribution in [2.75, 3.05) is 20.5 Å². The zero-order valence-corrected chi connectivity index (χ0v) is 12.7. The first-order valence-corrected chi connectivity index (χ1v) is 7.47. The second-order valence-electron chi connectivity index (χ2n) is 5.95. The number of phenols is 1. The van der Waals surface area contributed by atoms with Crippen molar-refractivity contribution >= 4 is 0 Å². The third kappa shape index (κ3) is 1.54. The molecule has 2 N–H and O–H groups in total. The van der Waals surface area contributed by atoms with Crippen LogP contribution in [-0.2, 0) is 5.60 Å². The Morgan fingerprint density at radius 3 is 2.71 bits per heavy atom. The van der Waals surface area contributed by atoms with E-state index < -0.39 is 11.7 Å². The smallest absolute Gasteiger partial charge is 0.231 e. The SMILES string of the molecule is COc1c(O)ccc2c1OCC1(O)c3cc4c(cc3OC21)OCO4. The van der Waals surface area contributed by atoms with Crippen molar-refractivity contribution in [2.24, 2.45) is 0 Å². The lowest BCUT2D eigenvalue weighted by atomic mass is 9.84. The van der Waals surface area contributed by atoms with Gasteiger partial charge in [0.1, 0.15) is 12.4 Å². The number of ether oxygens (including phenoxy) is 5. The summed E-state index contributed by atoms with van der Waals surface area (Å²) >= 11 is 0. The summed E-state index contributed by atoms with van der Waals surface area (Å²) in [6.07, 6.45) is -0.673. The summed E-state index contributed by atoms with van der Waals surface area (Å²) in [4.78, 5) is 0. The van der Waals surface area contributed by atoms with Crippen molar-refractivity contribution in [1.29, 1.82) is 0 Å². The van der Waals surface area contributed by atoms with Gasteiger partial charge in [-0.05, 0) is 18.2 Å². The van der Waals surface area contributed by atoms with Crippen LogP contribution in [0, 0.1) is 0 Å². The molecule has 0 aliphatic carbocycles. The molecule has 0 bridgehead atoms. The maximum Gasteiger partial charge on any atom is 0.231 e. The van der Waals surface area contributed by atoms with Crippen molar-refractivity contribution in [3.05, 3.63) is 35.4 Å². The average molecular weight is 330 g/mol. The Labute approximate surface area is 136 Å². The summed E-state index contributed by atoms with van der Waals surface area (Å²) in [6, 6.07) is 6.59. The summed E-state index contributed by atoms with van der Waals surface area (Å²) < 4.78 is 27.7. The molecular formula is C17H14O7. The van der Waals surface area contributed by atoms with E-state index in [4.69, 9.17) is 23.7 Å². The van der Waals surface area contributed by atoms with Crippen LogP contribution in [0.15, 0.2) is 24.3 Å². The average Bonchev–Trinajstić information content (AvgIpc) is 3.14. The third-order valence-corrected chi connectivity index (χ3v) is 4.66. The molecule has 0 aromatic heterocycles. The molecule has 7 heteroatoms. The summed E-state index contributed by atoms with van der Waals surface area (Å²) in [5.41, 5.74) is -0.156. The van der Waals surface area contributed by atoms with Crippen LogP contribution in [0.2, 0.25) is 0 Å². The van der Waals surface area contributed by atoms with E-state index >= 15 is 0 Å². The largest absolute Gasteiger partial charge is 0.504 e. The van der Waals surface area contributed by atoms with Crippen LogP contribution in [0.4, 0.5) is 0 Å². The van der Waals surface area contributed by atoms with Gasteiger partial charge < -0.3 is 33.9 Å². The lowest BCUT2D eigenvalue weighted by Crippen LogP contribution is -2.41. The predicted molar refractivity (Wildman–Crippen MR) is 80.0 cm³/mol. The number of benzene rings is 2. The highest BCUT2D eigenvalue weighted by Gasteiger charge is 2.54. The normalized spacial score (nSPS) is 25.2. The molecule has 0 saturated carbocycles.